The number of ether oxygens (including phenoxy) is 1. The first kappa shape index (κ1) is 15.0. The number of hydrogen-bond acceptors (Lipinski definition) is 4. The molecule has 10 heteroatoms. The summed E-state index contributed by atoms with van der Waals surface area (Å²) < 4.78 is 40.4. The molecular weight excluding hydrogens is 271 g/mol. The van der Waals surface area contributed by atoms with Gasteiger partial charge in [0.05, 0.1) is 0 Å². The van der Waals surface area contributed by atoms with Gasteiger partial charge in [0.2, 0.25) is 0 Å². The molecule has 1 heterocycles. The highest BCUT2D eigenvalue weighted by molar-refractivity contribution is 5.90. The Kier molecular flexibility index (Phi) is 4.87. The number of carbonyl (C=O) groups is 2. The van der Waals surface area contributed by atoms with Crippen molar-refractivity contribution in [3.63, 3.8) is 0 Å². The number of carbonyl (C=O) groups excluding carboxylic acids is 1. The van der Waals surface area contributed by atoms with Crippen LogP contribution in [0.15, 0.2) is 12.3 Å². The topological polar surface area (TPSA) is 93.5 Å². The maximum atomic E-state index is 11.7. The van der Waals surface area contributed by atoms with Crippen LogP contribution in [0.3, 0.4) is 0 Å². The van der Waals surface area contributed by atoms with Gasteiger partial charge in [0.25, 0.3) is 5.91 Å². The van der Waals surface area contributed by atoms with Crippen molar-refractivity contribution in [2.75, 3.05) is 18.5 Å². The largest absolute Gasteiger partial charge is 0.480 e. The number of carboxylic acid groups (broad SMARTS) is 1. The minimum Gasteiger partial charge on any atom is -0.480 e. The predicted molar refractivity (Wildman–Crippen MR) is 55.4 cm³/mol. The number of rotatable bonds is 6. The normalized spacial score (nSPS) is 11.3. The second-order valence-corrected chi connectivity index (χ2v) is 3.45. The third-order valence-electron chi connectivity index (χ3n) is 1.70. The number of nitrogens with one attached hydrogen (secondary N) is 1. The van der Waals surface area contributed by atoms with Gasteiger partial charge in [-0.1, -0.05) is 0 Å². The summed E-state index contributed by atoms with van der Waals surface area (Å²) in [6.07, 6.45) is -3.19. The maximum absolute atomic E-state index is 11.7. The number of nitrogens with zero attached hydrogens (tertiary/aromatic N) is 2. The van der Waals surface area contributed by atoms with Crippen LogP contribution in [0.25, 0.3) is 0 Å². The van der Waals surface area contributed by atoms with Gasteiger partial charge in [-0.3, -0.25) is 14.3 Å². The van der Waals surface area contributed by atoms with Crippen molar-refractivity contribution in [3.05, 3.63) is 12.3 Å². The summed E-state index contributed by atoms with van der Waals surface area (Å²) in [5.41, 5.74) is 0. The number of aliphatic carboxylic acids is 1. The van der Waals surface area contributed by atoms with Crippen LogP contribution < -0.4 is 5.32 Å². The zero-order chi connectivity index (χ0) is 14.5. The first-order valence-corrected chi connectivity index (χ1v) is 4.96. The highest BCUT2D eigenvalue weighted by Gasteiger charge is 2.27. The van der Waals surface area contributed by atoms with E-state index >= 15 is 0 Å². The summed E-state index contributed by atoms with van der Waals surface area (Å²) >= 11 is 0. The lowest BCUT2D eigenvalue weighted by Crippen LogP contribution is -2.24. The van der Waals surface area contributed by atoms with Crippen molar-refractivity contribution in [1.29, 1.82) is 0 Å². The molecule has 1 aromatic heterocycles. The fourth-order valence-corrected chi connectivity index (χ4v) is 1.09. The molecular formula is C9H10F3N3O4. The van der Waals surface area contributed by atoms with Gasteiger partial charge in [-0.2, -0.15) is 18.3 Å². The predicted octanol–water partition coefficient (Wildman–Crippen LogP) is 0.485. The number of alkyl halides is 3. The quantitative estimate of drug-likeness (QED) is 0.791. The highest BCUT2D eigenvalue weighted by atomic mass is 19.4. The molecule has 0 spiro atoms. The van der Waals surface area contributed by atoms with E-state index in [2.05, 4.69) is 15.2 Å². The summed E-state index contributed by atoms with van der Waals surface area (Å²) in [7, 11) is 0. The molecule has 0 bridgehead atoms. The second-order valence-electron chi connectivity index (χ2n) is 3.45. The molecule has 0 atom stereocenters. The van der Waals surface area contributed by atoms with Crippen molar-refractivity contribution in [2.45, 2.75) is 12.7 Å². The Morgan fingerprint density at radius 3 is 2.74 bits per heavy atom. The van der Waals surface area contributed by atoms with E-state index in [1.807, 2.05) is 0 Å². The lowest BCUT2D eigenvalue weighted by molar-refractivity contribution is -0.174. The Labute approximate surface area is 105 Å². The number of amides is 1. The van der Waals surface area contributed by atoms with E-state index in [1.165, 1.54) is 12.3 Å². The molecule has 0 saturated heterocycles. The highest BCUT2D eigenvalue weighted by Crippen LogP contribution is 2.14. The van der Waals surface area contributed by atoms with Crippen LogP contribution in [-0.4, -0.2) is 46.2 Å². The molecule has 1 amide bonds. The molecule has 0 unspecified atom stereocenters. The van der Waals surface area contributed by atoms with E-state index in [9.17, 15) is 22.8 Å². The Hall–Kier alpha value is -2.10. The molecule has 0 aliphatic heterocycles. The van der Waals surface area contributed by atoms with Crippen molar-refractivity contribution < 1.29 is 32.6 Å². The van der Waals surface area contributed by atoms with E-state index < -0.39 is 31.3 Å². The molecule has 0 saturated carbocycles. The Morgan fingerprint density at radius 2 is 2.16 bits per heavy atom. The van der Waals surface area contributed by atoms with E-state index in [0.717, 1.165) is 4.68 Å². The van der Waals surface area contributed by atoms with Crippen molar-refractivity contribution >= 4 is 17.7 Å². The van der Waals surface area contributed by atoms with Gasteiger partial charge in [-0.05, 0) is 0 Å². The van der Waals surface area contributed by atoms with Gasteiger partial charge in [-0.15, -0.1) is 0 Å². The zero-order valence-electron chi connectivity index (χ0n) is 9.48. The van der Waals surface area contributed by atoms with Gasteiger partial charge in [0.1, 0.15) is 19.8 Å². The molecule has 1 aromatic rings. The van der Waals surface area contributed by atoms with Gasteiger partial charge in [-0.25, -0.2) is 0 Å². The zero-order valence-corrected chi connectivity index (χ0v) is 9.48. The third kappa shape index (κ3) is 6.41. The number of anilines is 1. The fourth-order valence-electron chi connectivity index (χ4n) is 1.09. The fraction of sp³-hybridized carbons (Fsp3) is 0.444. The summed E-state index contributed by atoms with van der Waals surface area (Å²) in [5, 5.41) is 14.3. The lowest BCUT2D eigenvalue weighted by Gasteiger charge is -2.06. The first-order valence-electron chi connectivity index (χ1n) is 4.96. The van der Waals surface area contributed by atoms with Crippen LogP contribution in [0.4, 0.5) is 19.0 Å². The Balaban J connectivity index is 2.36. The molecule has 19 heavy (non-hydrogen) atoms. The van der Waals surface area contributed by atoms with Gasteiger partial charge in [0.15, 0.2) is 5.82 Å². The minimum atomic E-state index is -4.50. The van der Waals surface area contributed by atoms with Crippen LogP contribution in [0.2, 0.25) is 0 Å². The van der Waals surface area contributed by atoms with Gasteiger partial charge < -0.3 is 15.2 Å². The maximum Gasteiger partial charge on any atom is 0.411 e. The summed E-state index contributed by atoms with van der Waals surface area (Å²) in [4.78, 5) is 21.5. The summed E-state index contributed by atoms with van der Waals surface area (Å²) in [6.45, 7) is -2.68. The van der Waals surface area contributed by atoms with E-state index in [1.54, 1.807) is 0 Å². The molecule has 0 aliphatic rings. The number of carboxylic acids is 1. The van der Waals surface area contributed by atoms with Crippen LogP contribution in [0.5, 0.6) is 0 Å². The van der Waals surface area contributed by atoms with Gasteiger partial charge in [0, 0.05) is 12.3 Å². The third-order valence-corrected chi connectivity index (χ3v) is 1.70. The van der Waals surface area contributed by atoms with Crippen molar-refractivity contribution in [2.24, 2.45) is 0 Å². The van der Waals surface area contributed by atoms with E-state index in [-0.39, 0.29) is 12.4 Å². The van der Waals surface area contributed by atoms with Crippen LogP contribution >= 0.6 is 0 Å². The van der Waals surface area contributed by atoms with Crippen molar-refractivity contribution in [3.8, 4) is 0 Å². The van der Waals surface area contributed by atoms with E-state index in [4.69, 9.17) is 5.11 Å². The summed E-state index contributed by atoms with van der Waals surface area (Å²) in [5.74, 6) is -1.90. The average Bonchev–Trinajstić information content (AvgIpc) is 2.62. The van der Waals surface area contributed by atoms with Crippen LogP contribution in [0, 0.1) is 0 Å². The number of hydrogen-bond donors (Lipinski definition) is 2. The first-order chi connectivity index (χ1) is 8.76. The molecule has 2 N–H and O–H groups in total. The van der Waals surface area contributed by atoms with E-state index in [0.29, 0.717) is 0 Å². The smallest absolute Gasteiger partial charge is 0.411 e. The SMILES string of the molecule is O=C(O)Cn1ccc(NC(=O)COCC(F)(F)F)n1. The van der Waals surface area contributed by atoms with Gasteiger partial charge >= 0.3 is 12.1 Å². The van der Waals surface area contributed by atoms with Crippen LogP contribution in [0.1, 0.15) is 0 Å². The van der Waals surface area contributed by atoms with Crippen LogP contribution in [-0.2, 0) is 20.9 Å². The molecule has 1 rings (SSSR count). The van der Waals surface area contributed by atoms with Crippen molar-refractivity contribution in [1.82, 2.24) is 9.78 Å². The Bertz CT molecular complexity index is 458. The average molecular weight is 281 g/mol. The number of halogens is 3. The second kappa shape index (κ2) is 6.18. The Morgan fingerprint density at radius 1 is 1.47 bits per heavy atom. The monoisotopic (exact) mass is 281 g/mol. The molecule has 106 valence electrons. The molecule has 0 radical (unpaired) electrons. The summed E-state index contributed by atoms with van der Waals surface area (Å²) in [6, 6.07) is 1.31. The number of aromatic nitrogens is 2. The lowest BCUT2D eigenvalue weighted by atomic mass is 10.5. The molecule has 0 aliphatic carbocycles. The molecule has 7 nitrogen and oxygen atoms in total. The molecule has 0 aromatic carbocycles. The molecule has 0 fully saturated rings. The minimum absolute atomic E-state index is 0.0295. The standard InChI is InChI=1S/C9H10F3N3O4/c10-9(11,12)5-19-4-7(16)13-6-1-2-15(14-6)3-8(17)18/h1-2H,3-5H2,(H,17,18)(H,13,14,16).